The third-order valence-electron chi connectivity index (χ3n) is 4.21. The van der Waals surface area contributed by atoms with Gasteiger partial charge in [0, 0.05) is 6.42 Å². The molecule has 0 aromatic rings. The van der Waals surface area contributed by atoms with Gasteiger partial charge in [0.25, 0.3) is 0 Å². The number of ether oxygens (including phenoxy) is 3. The maximum absolute atomic E-state index is 11.2. The minimum absolute atomic E-state index is 0.531. The van der Waals surface area contributed by atoms with Crippen molar-refractivity contribution in [2.75, 3.05) is 6.61 Å². The Morgan fingerprint density at radius 3 is 2.06 bits per heavy atom. The SMILES string of the molecule is O=C(O)[C@@H]1O[C@@H](O[C@H]2[C@H](O)C[C@@H](O)O[C@@H]2COS(=O)(=O)O)[C@H](OS(=O)(=O)O)[C@@H](O)[C@@H]1O. The van der Waals surface area contributed by atoms with Gasteiger partial charge in [0.05, 0.1) is 12.7 Å². The Hall–Kier alpha value is -1.07. The van der Waals surface area contributed by atoms with Gasteiger partial charge in [-0.1, -0.05) is 0 Å². The van der Waals surface area contributed by atoms with Gasteiger partial charge >= 0.3 is 26.8 Å². The lowest BCUT2D eigenvalue weighted by Gasteiger charge is -2.44. The van der Waals surface area contributed by atoms with E-state index in [0.717, 1.165) is 0 Å². The maximum atomic E-state index is 11.2. The Balaban J connectivity index is 2.31. The lowest BCUT2D eigenvalue weighted by Crippen LogP contribution is -2.63. The molecule has 0 spiro atoms. The van der Waals surface area contributed by atoms with E-state index >= 15 is 0 Å². The van der Waals surface area contributed by atoms with E-state index in [1.807, 2.05) is 0 Å². The number of aliphatic carboxylic acids is 1. The van der Waals surface area contributed by atoms with Crippen molar-refractivity contribution in [3.63, 3.8) is 0 Å². The minimum atomic E-state index is -5.31. The second-order valence-electron chi connectivity index (χ2n) is 6.48. The summed E-state index contributed by atoms with van der Waals surface area (Å²) < 4.78 is 84.7. The number of hydrogen-bond acceptors (Lipinski definition) is 14. The van der Waals surface area contributed by atoms with Crippen LogP contribution in [-0.4, -0.2) is 119 Å². The number of carboxylic acids is 1. The first-order chi connectivity index (χ1) is 14.1. The molecule has 0 aromatic carbocycles. The van der Waals surface area contributed by atoms with Gasteiger partial charge in [0.1, 0.15) is 24.4 Å². The lowest BCUT2D eigenvalue weighted by molar-refractivity contribution is -0.332. The summed E-state index contributed by atoms with van der Waals surface area (Å²) in [6.07, 6.45) is -18.4. The van der Waals surface area contributed by atoms with Crippen LogP contribution in [-0.2, 0) is 48.2 Å². The first-order valence-corrected chi connectivity index (χ1v) is 11.0. The predicted octanol–water partition coefficient (Wildman–Crippen LogP) is -4.62. The van der Waals surface area contributed by atoms with E-state index in [0.29, 0.717) is 0 Å². The van der Waals surface area contributed by atoms with E-state index in [9.17, 15) is 42.1 Å². The number of aliphatic hydroxyl groups excluding tert-OH is 4. The molecule has 31 heavy (non-hydrogen) atoms. The topological polar surface area (TPSA) is 273 Å². The monoisotopic (exact) mass is 500 g/mol. The first-order valence-electron chi connectivity index (χ1n) is 8.28. The van der Waals surface area contributed by atoms with Crippen molar-refractivity contribution in [2.24, 2.45) is 0 Å². The van der Waals surface area contributed by atoms with Gasteiger partial charge in [-0.25, -0.2) is 13.2 Å². The zero-order valence-corrected chi connectivity index (χ0v) is 16.8. The Bertz CT molecular complexity index is 841. The van der Waals surface area contributed by atoms with Crippen LogP contribution < -0.4 is 0 Å². The van der Waals surface area contributed by atoms with E-state index in [1.54, 1.807) is 0 Å². The summed E-state index contributed by atoms with van der Waals surface area (Å²) in [7, 11) is -10.3. The van der Waals surface area contributed by atoms with Crippen molar-refractivity contribution in [3.05, 3.63) is 0 Å². The number of aliphatic hydroxyl groups is 4. The van der Waals surface area contributed by atoms with Crippen LogP contribution in [0.1, 0.15) is 6.42 Å². The predicted molar refractivity (Wildman–Crippen MR) is 88.6 cm³/mol. The van der Waals surface area contributed by atoms with Gasteiger partial charge < -0.3 is 39.7 Å². The molecule has 2 heterocycles. The molecule has 2 aliphatic rings. The molecule has 0 saturated carbocycles. The average Bonchev–Trinajstić information content (AvgIpc) is 2.59. The standard InChI is InChI=1S/C12H20O17S2/c13-3-1-5(14)26-4(2-25-30(19,20)21)8(3)27-12-10(29-31(22,23)24)7(16)6(15)9(28-12)11(17)18/h3-10,12-16H,1-2H2,(H,17,18)(H,19,20,21)(H,22,23,24)/t3-,4-,5+,6+,7+,8+,9-,10-,12-/m1/s1. The largest absolute Gasteiger partial charge is 0.479 e. The van der Waals surface area contributed by atoms with Crippen LogP contribution in [0.5, 0.6) is 0 Å². The first kappa shape index (κ1) is 26.2. The van der Waals surface area contributed by atoms with Crippen LogP contribution >= 0.6 is 0 Å². The molecule has 2 saturated heterocycles. The van der Waals surface area contributed by atoms with Crippen molar-refractivity contribution in [2.45, 2.75) is 61.7 Å². The Kier molecular flexibility index (Phi) is 8.30. The number of carbonyl (C=O) groups is 1. The van der Waals surface area contributed by atoms with Gasteiger partial charge in [-0.3, -0.25) is 9.11 Å². The Morgan fingerprint density at radius 1 is 0.935 bits per heavy atom. The van der Waals surface area contributed by atoms with Crippen molar-refractivity contribution in [3.8, 4) is 0 Å². The fourth-order valence-corrected chi connectivity index (χ4v) is 3.73. The summed E-state index contributed by atoms with van der Waals surface area (Å²) in [6.45, 7) is -1.04. The highest BCUT2D eigenvalue weighted by molar-refractivity contribution is 7.81. The van der Waals surface area contributed by atoms with E-state index in [2.05, 4.69) is 8.37 Å². The normalized spacial score (nSPS) is 39.9. The van der Waals surface area contributed by atoms with Gasteiger partial charge in [0.2, 0.25) is 0 Å². The molecule has 0 aliphatic carbocycles. The third-order valence-corrected chi connectivity index (χ3v) is 5.11. The second-order valence-corrected chi connectivity index (χ2v) is 8.62. The van der Waals surface area contributed by atoms with Crippen molar-refractivity contribution in [1.82, 2.24) is 0 Å². The highest BCUT2D eigenvalue weighted by Gasteiger charge is 2.52. The highest BCUT2D eigenvalue weighted by Crippen LogP contribution is 2.30. The van der Waals surface area contributed by atoms with E-state index in [1.165, 1.54) is 0 Å². The zero-order valence-electron chi connectivity index (χ0n) is 15.1. The Labute approximate surface area is 174 Å². The molecule has 2 aliphatic heterocycles. The molecule has 2 rings (SSSR count). The van der Waals surface area contributed by atoms with Gasteiger partial charge in [-0.2, -0.15) is 16.8 Å². The van der Waals surface area contributed by atoms with Crippen molar-refractivity contribution >= 4 is 26.8 Å². The third kappa shape index (κ3) is 7.21. The quantitative estimate of drug-likeness (QED) is 0.154. The molecule has 17 nitrogen and oxygen atoms in total. The second kappa shape index (κ2) is 9.82. The number of hydrogen-bond donors (Lipinski definition) is 7. The molecule has 19 heteroatoms. The Morgan fingerprint density at radius 2 is 1.55 bits per heavy atom. The molecule has 0 radical (unpaired) electrons. The summed E-state index contributed by atoms with van der Waals surface area (Å²) in [6, 6.07) is 0. The molecule has 9 atom stereocenters. The summed E-state index contributed by atoms with van der Waals surface area (Å²) in [4.78, 5) is 11.2. The van der Waals surface area contributed by atoms with Crippen LogP contribution in [0.3, 0.4) is 0 Å². The smallest absolute Gasteiger partial charge is 0.397 e. The average molecular weight is 500 g/mol. The zero-order chi connectivity index (χ0) is 23.7. The van der Waals surface area contributed by atoms with Crippen LogP contribution in [0, 0.1) is 0 Å². The molecule has 0 unspecified atom stereocenters. The van der Waals surface area contributed by atoms with E-state index in [4.69, 9.17) is 28.4 Å². The summed E-state index contributed by atoms with van der Waals surface area (Å²) in [5.74, 6) is -1.81. The minimum Gasteiger partial charge on any atom is -0.479 e. The summed E-state index contributed by atoms with van der Waals surface area (Å²) in [5.41, 5.74) is 0. The molecule has 2 fully saturated rings. The lowest BCUT2D eigenvalue weighted by atomic mass is 9.98. The molecule has 0 amide bonds. The van der Waals surface area contributed by atoms with Crippen LogP contribution in [0.15, 0.2) is 0 Å². The van der Waals surface area contributed by atoms with Gasteiger partial charge in [-0.05, 0) is 0 Å². The number of carboxylic acid groups (broad SMARTS) is 1. The molecule has 7 N–H and O–H groups in total. The summed E-state index contributed by atoms with van der Waals surface area (Å²) >= 11 is 0. The van der Waals surface area contributed by atoms with Crippen LogP contribution in [0.25, 0.3) is 0 Å². The summed E-state index contributed by atoms with van der Waals surface area (Å²) in [5, 5.41) is 48.7. The maximum Gasteiger partial charge on any atom is 0.397 e. The van der Waals surface area contributed by atoms with Crippen LogP contribution in [0.4, 0.5) is 0 Å². The van der Waals surface area contributed by atoms with E-state index in [-0.39, 0.29) is 0 Å². The molecule has 0 bridgehead atoms. The molecular weight excluding hydrogens is 480 g/mol. The van der Waals surface area contributed by atoms with Crippen molar-refractivity contribution < 1.29 is 78.8 Å². The fraction of sp³-hybridized carbons (Fsp3) is 0.917. The van der Waals surface area contributed by atoms with Crippen LogP contribution in [0.2, 0.25) is 0 Å². The molecule has 0 aromatic heterocycles. The van der Waals surface area contributed by atoms with Gasteiger partial charge in [-0.15, -0.1) is 0 Å². The fourth-order valence-electron chi connectivity index (χ4n) is 2.94. The van der Waals surface area contributed by atoms with Crippen molar-refractivity contribution in [1.29, 1.82) is 0 Å². The molecule has 182 valence electrons. The van der Waals surface area contributed by atoms with Gasteiger partial charge in [0.15, 0.2) is 24.8 Å². The number of rotatable bonds is 8. The van der Waals surface area contributed by atoms with E-state index < -0.39 is 95.1 Å². The highest BCUT2D eigenvalue weighted by atomic mass is 32.3. The molecular formula is C12H20O17S2.